The fourth-order valence-corrected chi connectivity index (χ4v) is 2.65. The molecule has 0 spiro atoms. The Labute approximate surface area is 109 Å². The maximum atomic E-state index is 6.05. The Morgan fingerprint density at radius 2 is 1.94 bits per heavy atom. The molecule has 0 saturated carbocycles. The zero-order chi connectivity index (χ0) is 11.4. The summed E-state index contributed by atoms with van der Waals surface area (Å²) in [6, 6.07) is 9.83. The number of hydrogen-bond donors (Lipinski definition) is 1. The van der Waals surface area contributed by atoms with E-state index in [-0.39, 0.29) is 0 Å². The van der Waals surface area contributed by atoms with E-state index < -0.39 is 0 Å². The minimum absolute atomic E-state index is 0.773. The smallest absolute Gasteiger partial charge is 0.0516 e. The lowest BCUT2D eigenvalue weighted by Crippen LogP contribution is -2.11. The Morgan fingerprint density at radius 1 is 1.12 bits per heavy atom. The average molecular weight is 272 g/mol. The molecule has 4 heteroatoms. The van der Waals surface area contributed by atoms with Gasteiger partial charge in [0.05, 0.1) is 5.02 Å². The molecule has 1 heterocycles. The maximum Gasteiger partial charge on any atom is 0.0516 e. The first-order valence-corrected chi connectivity index (χ1v) is 6.56. The Hall–Kier alpha value is -0.540. The van der Waals surface area contributed by atoms with Gasteiger partial charge in [0.25, 0.3) is 0 Å². The van der Waals surface area contributed by atoms with Gasteiger partial charge in [-0.1, -0.05) is 41.4 Å². The Bertz CT molecular complexity index is 468. The summed E-state index contributed by atoms with van der Waals surface area (Å²) in [5, 5.41) is 6.89. The third-order valence-corrected chi connectivity index (χ3v) is 3.85. The normalized spacial score (nSPS) is 10.6. The van der Waals surface area contributed by atoms with Gasteiger partial charge in [-0.2, -0.15) is 0 Å². The molecule has 84 valence electrons. The quantitative estimate of drug-likeness (QED) is 0.872. The summed E-state index contributed by atoms with van der Waals surface area (Å²) in [6.45, 7) is 1.60. The largest absolute Gasteiger partial charge is 0.308 e. The van der Waals surface area contributed by atoms with Gasteiger partial charge in [-0.15, -0.1) is 11.3 Å². The van der Waals surface area contributed by atoms with Crippen molar-refractivity contribution in [1.29, 1.82) is 0 Å². The summed E-state index contributed by atoms with van der Waals surface area (Å²) in [6.07, 6.45) is 0. The van der Waals surface area contributed by atoms with Crippen molar-refractivity contribution in [2.45, 2.75) is 13.1 Å². The van der Waals surface area contributed by atoms with Crippen molar-refractivity contribution in [2.24, 2.45) is 0 Å². The van der Waals surface area contributed by atoms with Gasteiger partial charge in [0.2, 0.25) is 0 Å². The fraction of sp³-hybridized carbons (Fsp3) is 0.167. The number of thiophene rings is 1. The first-order valence-electron chi connectivity index (χ1n) is 4.93. The van der Waals surface area contributed by atoms with Gasteiger partial charge in [-0.3, -0.25) is 0 Å². The summed E-state index contributed by atoms with van der Waals surface area (Å²) >= 11 is 13.6. The van der Waals surface area contributed by atoms with Crippen molar-refractivity contribution >= 4 is 34.5 Å². The second kappa shape index (κ2) is 5.69. The first-order chi connectivity index (χ1) is 7.75. The zero-order valence-electron chi connectivity index (χ0n) is 8.54. The first kappa shape index (κ1) is 11.9. The van der Waals surface area contributed by atoms with Crippen LogP contribution in [-0.4, -0.2) is 0 Å². The van der Waals surface area contributed by atoms with Crippen LogP contribution in [0.1, 0.15) is 10.4 Å². The van der Waals surface area contributed by atoms with E-state index in [4.69, 9.17) is 23.2 Å². The van der Waals surface area contributed by atoms with Crippen LogP contribution in [0, 0.1) is 0 Å². The number of rotatable bonds is 4. The number of halogens is 2. The highest BCUT2D eigenvalue weighted by Crippen LogP contribution is 2.19. The third kappa shape index (κ3) is 3.22. The number of benzene rings is 1. The lowest BCUT2D eigenvalue weighted by molar-refractivity contribution is 0.701. The molecule has 1 aromatic carbocycles. The highest BCUT2D eigenvalue weighted by molar-refractivity contribution is 7.10. The molecule has 0 fully saturated rings. The Morgan fingerprint density at radius 3 is 2.62 bits per heavy atom. The van der Waals surface area contributed by atoms with E-state index in [0.717, 1.165) is 28.7 Å². The third-order valence-electron chi connectivity index (χ3n) is 2.19. The summed E-state index contributed by atoms with van der Waals surface area (Å²) in [4.78, 5) is 1.23. The second-order valence-corrected chi connectivity index (χ2v) is 5.27. The van der Waals surface area contributed by atoms with E-state index in [0.29, 0.717) is 0 Å². The molecule has 0 amide bonds. The molecular weight excluding hydrogens is 261 g/mol. The van der Waals surface area contributed by atoms with E-state index in [9.17, 15) is 0 Å². The highest BCUT2D eigenvalue weighted by Gasteiger charge is 2.00. The lowest BCUT2D eigenvalue weighted by Gasteiger charge is -2.04. The molecule has 2 aromatic rings. The van der Waals surface area contributed by atoms with Crippen molar-refractivity contribution in [3.63, 3.8) is 0 Å². The van der Waals surface area contributed by atoms with Crippen LogP contribution in [-0.2, 0) is 13.1 Å². The summed E-state index contributed by atoms with van der Waals surface area (Å²) in [5.41, 5.74) is 1.12. The van der Waals surface area contributed by atoms with Crippen molar-refractivity contribution in [2.75, 3.05) is 0 Å². The molecule has 1 N–H and O–H groups in total. The van der Waals surface area contributed by atoms with Gasteiger partial charge in [-0.05, 0) is 17.7 Å². The molecule has 0 aliphatic carbocycles. The van der Waals surface area contributed by atoms with Gasteiger partial charge in [-0.25, -0.2) is 0 Å². The van der Waals surface area contributed by atoms with Crippen LogP contribution >= 0.6 is 34.5 Å². The zero-order valence-corrected chi connectivity index (χ0v) is 10.9. The number of nitrogens with one attached hydrogen (secondary N) is 1. The molecule has 0 unspecified atom stereocenters. The molecule has 1 nitrogen and oxygen atoms in total. The van der Waals surface area contributed by atoms with Crippen LogP contribution in [0.5, 0.6) is 0 Å². The lowest BCUT2D eigenvalue weighted by atomic mass is 10.2. The van der Waals surface area contributed by atoms with Crippen molar-refractivity contribution in [1.82, 2.24) is 5.32 Å². The van der Waals surface area contributed by atoms with Gasteiger partial charge in [0.15, 0.2) is 0 Å². The summed E-state index contributed by atoms with van der Waals surface area (Å²) in [5.74, 6) is 0. The van der Waals surface area contributed by atoms with Crippen LogP contribution < -0.4 is 5.32 Å². The second-order valence-electron chi connectivity index (χ2n) is 3.43. The van der Waals surface area contributed by atoms with E-state index in [1.54, 1.807) is 11.3 Å². The summed E-state index contributed by atoms with van der Waals surface area (Å²) < 4.78 is 0. The van der Waals surface area contributed by atoms with Crippen molar-refractivity contribution in [3.05, 3.63) is 56.2 Å². The van der Waals surface area contributed by atoms with Gasteiger partial charge in [0.1, 0.15) is 0 Å². The Kier molecular flexibility index (Phi) is 4.24. The SMILES string of the molecule is Clc1csc(CNCc2ccccc2Cl)c1. The van der Waals surface area contributed by atoms with Crippen LogP contribution in [0.2, 0.25) is 10.0 Å². The molecular formula is C12H11Cl2NS. The molecule has 16 heavy (non-hydrogen) atoms. The van der Waals surface area contributed by atoms with E-state index in [1.165, 1.54) is 4.88 Å². The molecule has 0 radical (unpaired) electrons. The van der Waals surface area contributed by atoms with E-state index in [1.807, 2.05) is 35.7 Å². The Balaban J connectivity index is 1.87. The molecule has 0 bridgehead atoms. The topological polar surface area (TPSA) is 12.0 Å². The molecule has 0 aliphatic heterocycles. The van der Waals surface area contributed by atoms with E-state index in [2.05, 4.69) is 5.32 Å². The molecule has 0 atom stereocenters. The van der Waals surface area contributed by atoms with Crippen molar-refractivity contribution < 1.29 is 0 Å². The average Bonchev–Trinajstić information content (AvgIpc) is 2.67. The number of hydrogen-bond acceptors (Lipinski definition) is 2. The van der Waals surface area contributed by atoms with Gasteiger partial charge < -0.3 is 5.32 Å². The molecule has 2 rings (SSSR count). The standard InChI is InChI=1S/C12H11Cl2NS/c13-10-5-11(16-8-10)7-15-6-9-3-1-2-4-12(9)14/h1-5,8,15H,6-7H2. The van der Waals surface area contributed by atoms with Crippen LogP contribution in [0.3, 0.4) is 0 Å². The summed E-state index contributed by atoms with van der Waals surface area (Å²) in [7, 11) is 0. The molecule has 0 saturated heterocycles. The minimum Gasteiger partial charge on any atom is -0.308 e. The van der Waals surface area contributed by atoms with Gasteiger partial charge in [0, 0.05) is 28.4 Å². The van der Waals surface area contributed by atoms with Crippen LogP contribution in [0.15, 0.2) is 35.7 Å². The maximum absolute atomic E-state index is 6.05. The van der Waals surface area contributed by atoms with E-state index >= 15 is 0 Å². The van der Waals surface area contributed by atoms with Crippen molar-refractivity contribution in [3.8, 4) is 0 Å². The van der Waals surface area contributed by atoms with Crippen LogP contribution in [0.25, 0.3) is 0 Å². The minimum atomic E-state index is 0.773. The van der Waals surface area contributed by atoms with Crippen LogP contribution in [0.4, 0.5) is 0 Å². The predicted molar refractivity (Wildman–Crippen MR) is 71.3 cm³/mol. The monoisotopic (exact) mass is 271 g/mol. The molecule has 0 aliphatic rings. The predicted octanol–water partition coefficient (Wildman–Crippen LogP) is 4.34. The highest BCUT2D eigenvalue weighted by atomic mass is 35.5. The van der Waals surface area contributed by atoms with Gasteiger partial charge >= 0.3 is 0 Å². The fourth-order valence-electron chi connectivity index (χ4n) is 1.41. The molecule has 1 aromatic heterocycles.